The Balaban J connectivity index is -0.000000414. The van der Waals surface area contributed by atoms with E-state index >= 15 is 0 Å². The molecule has 0 aliphatic heterocycles. The van der Waals surface area contributed by atoms with Gasteiger partial charge in [-0.3, -0.25) is 9.59 Å². The third kappa shape index (κ3) is 8.48. The first-order valence-electron chi connectivity index (χ1n) is 4.49. The Hall–Kier alpha value is -1.62. The van der Waals surface area contributed by atoms with Crippen LogP contribution < -0.4 is 5.73 Å². The molecule has 0 saturated carbocycles. The first-order valence-corrected chi connectivity index (χ1v) is 4.49. The van der Waals surface area contributed by atoms with Gasteiger partial charge in [0.2, 0.25) is 5.60 Å². The van der Waals surface area contributed by atoms with Crippen LogP contribution in [0.2, 0.25) is 0 Å². The summed E-state index contributed by atoms with van der Waals surface area (Å²) in [6.07, 6.45) is -4.11. The zero-order valence-corrected chi connectivity index (χ0v) is 13.1. The molecule has 0 aromatic rings. The molecule has 12 heteroatoms. The van der Waals surface area contributed by atoms with Crippen LogP contribution >= 0.6 is 0 Å². The van der Waals surface area contributed by atoms with Crippen LogP contribution in [0.15, 0.2) is 0 Å². The van der Waals surface area contributed by atoms with Crippen molar-refractivity contribution >= 4 is 23.9 Å². The SMILES string of the molecule is NCC(=O)O.O=C(O)CC(O)(C(=O)O)C(O)C(=O)O.[Zn]. The first kappa shape index (κ1) is 23.5. The van der Waals surface area contributed by atoms with Gasteiger partial charge in [-0.05, 0) is 0 Å². The summed E-state index contributed by atoms with van der Waals surface area (Å²) in [6, 6.07) is 0. The Morgan fingerprint density at radius 1 is 1.00 bits per heavy atom. The Morgan fingerprint density at radius 2 is 1.35 bits per heavy atom. The number of aliphatic hydroxyl groups is 2. The minimum Gasteiger partial charge on any atom is -0.481 e. The second kappa shape index (κ2) is 10.2. The number of aliphatic carboxylic acids is 4. The molecule has 0 bridgehead atoms. The van der Waals surface area contributed by atoms with Gasteiger partial charge in [0.1, 0.15) is 0 Å². The van der Waals surface area contributed by atoms with Crippen LogP contribution in [0.5, 0.6) is 0 Å². The number of carboxylic acid groups (broad SMARTS) is 4. The summed E-state index contributed by atoms with van der Waals surface area (Å²) in [5.41, 5.74) is 1.35. The number of aliphatic hydroxyl groups excluding tert-OH is 1. The van der Waals surface area contributed by atoms with Crippen molar-refractivity contribution in [2.75, 3.05) is 6.54 Å². The van der Waals surface area contributed by atoms with E-state index in [4.69, 9.17) is 30.6 Å². The van der Waals surface area contributed by atoms with Crippen LogP contribution in [-0.4, -0.2) is 72.8 Å². The molecule has 0 amide bonds. The zero-order chi connectivity index (χ0) is 15.8. The minimum absolute atomic E-state index is 0. The van der Waals surface area contributed by atoms with Gasteiger partial charge in [0.15, 0.2) is 6.10 Å². The Labute approximate surface area is 124 Å². The number of nitrogens with two attached hydrogens (primary N) is 1. The minimum atomic E-state index is -3.22. The number of carbonyl (C=O) groups is 4. The quantitative estimate of drug-likeness (QED) is 0.236. The molecule has 0 aliphatic rings. The van der Waals surface area contributed by atoms with Gasteiger partial charge in [-0.15, -0.1) is 0 Å². The largest absolute Gasteiger partial charge is 0.481 e. The van der Waals surface area contributed by atoms with Gasteiger partial charge in [-0.1, -0.05) is 0 Å². The van der Waals surface area contributed by atoms with Crippen LogP contribution in [0.1, 0.15) is 6.42 Å². The summed E-state index contributed by atoms with van der Waals surface area (Å²) in [5, 5.41) is 50.2. The van der Waals surface area contributed by atoms with E-state index in [0.717, 1.165) is 0 Å². The van der Waals surface area contributed by atoms with Gasteiger partial charge in [0.05, 0.1) is 13.0 Å². The van der Waals surface area contributed by atoms with Gasteiger partial charge in [-0.2, -0.15) is 0 Å². The van der Waals surface area contributed by atoms with Gasteiger partial charge in [-0.25, -0.2) is 9.59 Å². The predicted molar refractivity (Wildman–Crippen MR) is 55.2 cm³/mol. The van der Waals surface area contributed by atoms with Crippen LogP contribution in [0.3, 0.4) is 0 Å². The molecule has 2 unspecified atom stereocenters. The van der Waals surface area contributed by atoms with Crippen molar-refractivity contribution in [3.8, 4) is 0 Å². The molecule has 0 aromatic carbocycles. The van der Waals surface area contributed by atoms with E-state index < -0.39 is 42.0 Å². The average Bonchev–Trinajstić information content (AvgIpc) is 2.27. The topological polar surface area (TPSA) is 216 Å². The van der Waals surface area contributed by atoms with E-state index in [0.29, 0.717) is 0 Å². The van der Waals surface area contributed by atoms with Crippen molar-refractivity contribution in [1.82, 2.24) is 0 Å². The molecule has 0 heterocycles. The Bertz CT molecular complexity index is 372. The molecule has 0 spiro atoms. The fraction of sp³-hybridized carbons (Fsp3) is 0.500. The summed E-state index contributed by atoms with van der Waals surface area (Å²) >= 11 is 0. The van der Waals surface area contributed by atoms with Crippen LogP contribution in [0.4, 0.5) is 0 Å². The first-order chi connectivity index (χ1) is 8.48. The van der Waals surface area contributed by atoms with Crippen molar-refractivity contribution in [2.24, 2.45) is 5.73 Å². The third-order valence-electron chi connectivity index (χ3n) is 1.65. The van der Waals surface area contributed by atoms with Crippen LogP contribution in [0.25, 0.3) is 0 Å². The second-order valence-corrected chi connectivity index (χ2v) is 3.14. The van der Waals surface area contributed by atoms with E-state index in [9.17, 15) is 19.2 Å². The summed E-state index contributed by atoms with van der Waals surface area (Å²) in [4.78, 5) is 39.9. The summed E-state index contributed by atoms with van der Waals surface area (Å²) in [6.45, 7) is -0.278. The monoisotopic (exact) mass is 347 g/mol. The summed E-state index contributed by atoms with van der Waals surface area (Å²) in [5.74, 6) is -6.84. The maximum absolute atomic E-state index is 10.4. The fourth-order valence-corrected chi connectivity index (χ4v) is 0.724. The van der Waals surface area contributed by atoms with E-state index in [1.807, 2.05) is 0 Å². The predicted octanol–water partition coefficient (Wildman–Crippen LogP) is -3.25. The van der Waals surface area contributed by atoms with Crippen molar-refractivity contribution in [3.05, 3.63) is 0 Å². The zero-order valence-electron chi connectivity index (χ0n) is 10.1. The molecule has 112 valence electrons. The van der Waals surface area contributed by atoms with E-state index in [1.54, 1.807) is 0 Å². The normalized spacial score (nSPS) is 13.6. The van der Waals surface area contributed by atoms with Crippen molar-refractivity contribution < 1.29 is 69.3 Å². The molecule has 2 atom stereocenters. The average molecular weight is 349 g/mol. The second-order valence-electron chi connectivity index (χ2n) is 3.14. The van der Waals surface area contributed by atoms with Crippen LogP contribution in [0, 0.1) is 0 Å². The molecule has 0 rings (SSSR count). The molecule has 0 aromatic heterocycles. The van der Waals surface area contributed by atoms with Crippen molar-refractivity contribution in [2.45, 2.75) is 18.1 Å². The number of carboxylic acids is 4. The smallest absolute Gasteiger partial charge is 0.339 e. The number of hydrogen-bond donors (Lipinski definition) is 7. The molecular formula is C8H13NO10Zn. The maximum atomic E-state index is 10.4. The van der Waals surface area contributed by atoms with Gasteiger partial charge in [0.25, 0.3) is 0 Å². The van der Waals surface area contributed by atoms with E-state index in [2.05, 4.69) is 5.73 Å². The Kier molecular flexibility index (Phi) is 12.0. The molecule has 0 radical (unpaired) electrons. The molecular weight excluding hydrogens is 335 g/mol. The van der Waals surface area contributed by atoms with Gasteiger partial charge >= 0.3 is 23.9 Å². The van der Waals surface area contributed by atoms with Crippen molar-refractivity contribution in [3.63, 3.8) is 0 Å². The third-order valence-corrected chi connectivity index (χ3v) is 1.65. The maximum Gasteiger partial charge on any atom is 0.339 e. The van der Waals surface area contributed by atoms with E-state index in [1.165, 1.54) is 0 Å². The molecule has 0 aliphatic carbocycles. The molecule has 8 N–H and O–H groups in total. The standard InChI is InChI=1S/C6H8O8.C2H5NO2.Zn/c7-2(8)1-6(14,5(12)13)3(9)4(10)11;3-1-2(4)5;/h3,9,14H,1H2,(H,7,8)(H,10,11)(H,12,13);1,3H2,(H,4,5);. The fourth-order valence-electron chi connectivity index (χ4n) is 0.724. The Morgan fingerprint density at radius 3 is 1.50 bits per heavy atom. The van der Waals surface area contributed by atoms with Crippen molar-refractivity contribution in [1.29, 1.82) is 0 Å². The summed E-state index contributed by atoms with van der Waals surface area (Å²) < 4.78 is 0. The van der Waals surface area contributed by atoms with E-state index in [-0.39, 0.29) is 26.0 Å². The van der Waals surface area contributed by atoms with Crippen LogP contribution in [-0.2, 0) is 38.7 Å². The summed E-state index contributed by atoms with van der Waals surface area (Å²) in [7, 11) is 0. The molecule has 0 fully saturated rings. The number of hydrogen-bond acceptors (Lipinski definition) is 7. The number of rotatable bonds is 6. The van der Waals surface area contributed by atoms with Gasteiger partial charge < -0.3 is 36.4 Å². The molecule has 20 heavy (non-hydrogen) atoms. The molecule has 11 nitrogen and oxygen atoms in total. The molecule has 0 saturated heterocycles. The van der Waals surface area contributed by atoms with Gasteiger partial charge in [0, 0.05) is 19.5 Å².